The van der Waals surface area contributed by atoms with Gasteiger partial charge in [-0.2, -0.15) is 0 Å². The van der Waals surface area contributed by atoms with E-state index in [2.05, 4.69) is 24.1 Å². The number of carbonyl (C=O) groups is 1. The maximum atomic E-state index is 11.6. The Morgan fingerprint density at radius 3 is 2.52 bits per heavy atom. The number of aliphatic imine (C=N–C) groups is 1. The van der Waals surface area contributed by atoms with E-state index in [1.807, 2.05) is 0 Å². The smallest absolute Gasteiger partial charge is 0.862 e. The molecule has 0 amide bonds. The van der Waals surface area contributed by atoms with Crippen molar-refractivity contribution in [3.8, 4) is 0 Å². The summed E-state index contributed by atoms with van der Waals surface area (Å²) in [6.07, 6.45) is 6.58. The largest absolute Gasteiger partial charge is 1.00 e. The number of aliphatic hydroxyl groups is 1. The average molecular weight is 336 g/mol. The molecule has 0 spiro atoms. The molecule has 0 saturated carbocycles. The Morgan fingerprint density at radius 2 is 2.00 bits per heavy atom. The molecule has 0 aliphatic carbocycles. The van der Waals surface area contributed by atoms with Crippen molar-refractivity contribution in [1.29, 1.82) is 0 Å². The fourth-order valence-electron chi connectivity index (χ4n) is 1.98. The number of carboxylic acids is 1. The van der Waals surface area contributed by atoms with Crippen molar-refractivity contribution in [2.45, 2.75) is 58.6 Å². The van der Waals surface area contributed by atoms with Crippen molar-refractivity contribution >= 4 is 11.9 Å². The number of allylic oxidation sites excluding steroid dienone is 2. The van der Waals surface area contributed by atoms with E-state index in [1.165, 1.54) is 0 Å². The molecule has 6 nitrogen and oxygen atoms in total. The summed E-state index contributed by atoms with van der Waals surface area (Å²) in [5, 5.41) is 30.1. The molecule has 2 atom stereocenters. The molecular weight excluding hydrogens is 307 g/mol. The number of nitrogens with zero attached hydrogens (tertiary/aromatic N) is 2. The summed E-state index contributed by atoms with van der Waals surface area (Å²) in [5.41, 5.74) is 0. The zero-order chi connectivity index (χ0) is 17.0. The van der Waals surface area contributed by atoms with Crippen molar-refractivity contribution in [3.63, 3.8) is 0 Å². The summed E-state index contributed by atoms with van der Waals surface area (Å²) in [6, 6.07) is -0.709. The van der Waals surface area contributed by atoms with Gasteiger partial charge in [-0.15, -0.1) is 0 Å². The second-order valence-corrected chi connectivity index (χ2v) is 5.41. The minimum absolute atomic E-state index is 0. The molecule has 2 unspecified atom stereocenters. The minimum Gasteiger partial charge on any atom is -0.862 e. The zero-order valence-electron chi connectivity index (χ0n) is 14.9. The van der Waals surface area contributed by atoms with E-state index >= 15 is 0 Å². The molecule has 0 heterocycles. The van der Waals surface area contributed by atoms with Crippen molar-refractivity contribution in [3.05, 3.63) is 12.2 Å². The van der Waals surface area contributed by atoms with Gasteiger partial charge in [-0.05, 0) is 45.4 Å². The van der Waals surface area contributed by atoms with Crippen LogP contribution in [-0.2, 0) is 4.79 Å². The van der Waals surface area contributed by atoms with E-state index in [0.717, 1.165) is 19.3 Å². The Hall–Kier alpha value is -0.400. The third-order valence-corrected chi connectivity index (χ3v) is 3.24. The molecule has 7 heteroatoms. The maximum Gasteiger partial charge on any atom is 1.00 e. The molecule has 0 aromatic carbocycles. The zero-order valence-corrected chi connectivity index (χ0v) is 16.9. The quantitative estimate of drug-likeness (QED) is 0.142. The van der Waals surface area contributed by atoms with Gasteiger partial charge in [-0.25, -0.2) is 0 Å². The molecule has 2 N–H and O–H groups in total. The molecule has 0 aliphatic heterocycles. The van der Waals surface area contributed by atoms with Gasteiger partial charge in [-0.1, -0.05) is 19.1 Å². The van der Waals surface area contributed by atoms with Crippen LogP contribution in [0.3, 0.4) is 0 Å². The van der Waals surface area contributed by atoms with Crippen LogP contribution in [0.2, 0.25) is 0 Å². The van der Waals surface area contributed by atoms with Crippen LogP contribution < -0.4 is 34.7 Å². The van der Waals surface area contributed by atoms with Crippen LogP contribution in [0.4, 0.5) is 0 Å². The Morgan fingerprint density at radius 1 is 1.35 bits per heavy atom. The molecule has 0 aliphatic rings. The SMILES string of the molecule is CC/C=C/CCCC([O-])=NCCN(CC(C)O)C(C)C(=O)O.[Na+]. The van der Waals surface area contributed by atoms with Crippen LogP contribution in [0, 0.1) is 0 Å². The Bertz CT molecular complexity index is 373. The molecule has 0 bridgehead atoms. The van der Waals surface area contributed by atoms with Gasteiger partial charge in [0.25, 0.3) is 0 Å². The summed E-state index contributed by atoms with van der Waals surface area (Å²) in [7, 11) is 0. The van der Waals surface area contributed by atoms with Gasteiger partial charge in [0.1, 0.15) is 6.04 Å². The van der Waals surface area contributed by atoms with Crippen LogP contribution in [0.25, 0.3) is 0 Å². The van der Waals surface area contributed by atoms with Gasteiger partial charge in [0, 0.05) is 13.1 Å². The first-order valence-corrected chi connectivity index (χ1v) is 7.88. The van der Waals surface area contributed by atoms with Gasteiger partial charge in [0.05, 0.1) is 12.6 Å². The predicted molar refractivity (Wildman–Crippen MR) is 85.9 cm³/mol. The Labute approximate surface area is 161 Å². The van der Waals surface area contributed by atoms with Gasteiger partial charge in [-0.3, -0.25) is 9.69 Å². The molecule has 0 aromatic rings. The number of aliphatic carboxylic acids is 1. The van der Waals surface area contributed by atoms with E-state index in [1.54, 1.807) is 18.7 Å². The van der Waals surface area contributed by atoms with Crippen LogP contribution in [-0.4, -0.2) is 58.8 Å². The molecule has 0 fully saturated rings. The van der Waals surface area contributed by atoms with Gasteiger partial charge in [0.15, 0.2) is 0 Å². The number of unbranched alkanes of at least 4 members (excludes halogenated alkanes) is 1. The van der Waals surface area contributed by atoms with Gasteiger partial charge >= 0.3 is 35.5 Å². The van der Waals surface area contributed by atoms with E-state index in [4.69, 9.17) is 5.11 Å². The normalized spacial score (nSPS) is 14.7. The van der Waals surface area contributed by atoms with E-state index in [-0.39, 0.29) is 48.5 Å². The number of rotatable bonds is 12. The first-order valence-electron chi connectivity index (χ1n) is 7.88. The van der Waals surface area contributed by atoms with E-state index in [9.17, 15) is 15.0 Å². The summed E-state index contributed by atoms with van der Waals surface area (Å²) in [5.74, 6) is -1.10. The second-order valence-electron chi connectivity index (χ2n) is 5.41. The van der Waals surface area contributed by atoms with Gasteiger partial charge in [0.2, 0.25) is 0 Å². The second kappa shape index (κ2) is 15.1. The van der Waals surface area contributed by atoms with Crippen molar-refractivity contribution in [1.82, 2.24) is 4.90 Å². The third kappa shape index (κ3) is 13.7. The van der Waals surface area contributed by atoms with E-state index < -0.39 is 18.1 Å². The number of hydrogen-bond acceptors (Lipinski definition) is 5. The molecule has 0 aromatic heterocycles. The van der Waals surface area contributed by atoms with Crippen molar-refractivity contribution in [2.24, 2.45) is 4.99 Å². The summed E-state index contributed by atoms with van der Waals surface area (Å²) >= 11 is 0. The Balaban J connectivity index is 0. The number of aliphatic hydroxyl groups excluding tert-OH is 1. The molecule has 128 valence electrons. The van der Waals surface area contributed by atoms with E-state index in [0.29, 0.717) is 13.0 Å². The number of carboxylic acid groups (broad SMARTS) is 1. The van der Waals surface area contributed by atoms with Gasteiger partial charge < -0.3 is 20.3 Å². The van der Waals surface area contributed by atoms with Crippen molar-refractivity contribution in [2.75, 3.05) is 19.6 Å². The molecular formula is C16H29N2NaO4. The fourth-order valence-corrected chi connectivity index (χ4v) is 1.98. The molecule has 0 rings (SSSR count). The third-order valence-electron chi connectivity index (χ3n) is 3.24. The summed E-state index contributed by atoms with van der Waals surface area (Å²) < 4.78 is 0. The molecule has 23 heavy (non-hydrogen) atoms. The number of hydrogen-bond donors (Lipinski definition) is 2. The standard InChI is InChI=1S/C16H30N2O4.Na/c1-4-5-6-7-8-9-15(20)17-10-11-18(12-13(2)19)14(3)16(21)22;/h5-6,13-14,19H,4,7-12H2,1-3H3,(H,17,20)(H,21,22);/q;+1/p-1/b6-5+;. The monoisotopic (exact) mass is 336 g/mol. The first-order chi connectivity index (χ1) is 10.4. The molecule has 0 radical (unpaired) electrons. The fraction of sp³-hybridized carbons (Fsp3) is 0.750. The predicted octanol–water partition coefficient (Wildman–Crippen LogP) is -1.96. The first kappa shape index (κ1) is 24.8. The van der Waals surface area contributed by atoms with Crippen LogP contribution >= 0.6 is 0 Å². The minimum atomic E-state index is -0.949. The Kier molecular flexibility index (Phi) is 16.4. The maximum absolute atomic E-state index is 11.6. The van der Waals surface area contributed by atoms with Crippen LogP contribution in [0.15, 0.2) is 17.1 Å². The topological polar surface area (TPSA) is 96.2 Å². The average Bonchev–Trinajstić information content (AvgIpc) is 2.44. The summed E-state index contributed by atoms with van der Waals surface area (Å²) in [6.45, 7) is 6.08. The summed E-state index contributed by atoms with van der Waals surface area (Å²) in [4.78, 5) is 16.6. The van der Waals surface area contributed by atoms with Crippen molar-refractivity contribution < 1.29 is 49.7 Å². The molecule has 0 saturated heterocycles. The van der Waals surface area contributed by atoms with Crippen LogP contribution in [0.1, 0.15) is 46.5 Å². The van der Waals surface area contributed by atoms with Crippen LogP contribution in [0.5, 0.6) is 0 Å².